The van der Waals surface area contributed by atoms with Crippen LogP contribution in [0.1, 0.15) is 23.2 Å². The van der Waals surface area contributed by atoms with E-state index in [9.17, 15) is 4.79 Å². The molecule has 1 aliphatic heterocycles. The standard InChI is InChI=1S/C10H15N3O2/c1-7-5-13(4-3-11-7)10(14)9-8(2)15-6-12-9/h6-7,11H,3-5H2,1-2H3/t7-/m0/s1. The van der Waals surface area contributed by atoms with Crippen LogP contribution in [0.5, 0.6) is 0 Å². The zero-order valence-corrected chi connectivity index (χ0v) is 8.99. The molecule has 1 N–H and O–H groups in total. The number of aryl methyl sites for hydroxylation is 1. The Morgan fingerprint density at radius 2 is 2.53 bits per heavy atom. The number of amides is 1. The molecule has 15 heavy (non-hydrogen) atoms. The molecule has 1 aliphatic rings. The third-order valence-electron chi connectivity index (χ3n) is 2.60. The second kappa shape index (κ2) is 4.02. The fourth-order valence-electron chi connectivity index (χ4n) is 1.78. The smallest absolute Gasteiger partial charge is 0.276 e. The van der Waals surface area contributed by atoms with E-state index in [0.717, 1.165) is 19.6 Å². The number of nitrogens with zero attached hydrogens (tertiary/aromatic N) is 2. The van der Waals surface area contributed by atoms with Gasteiger partial charge in [-0.2, -0.15) is 0 Å². The Bertz CT molecular complexity index is 361. The van der Waals surface area contributed by atoms with E-state index in [1.807, 2.05) is 4.90 Å². The topological polar surface area (TPSA) is 58.4 Å². The molecule has 1 atom stereocenters. The number of oxazole rings is 1. The molecule has 0 radical (unpaired) electrons. The lowest BCUT2D eigenvalue weighted by Gasteiger charge is -2.31. The van der Waals surface area contributed by atoms with E-state index in [-0.39, 0.29) is 5.91 Å². The van der Waals surface area contributed by atoms with E-state index < -0.39 is 0 Å². The molecule has 0 bridgehead atoms. The summed E-state index contributed by atoms with van der Waals surface area (Å²) < 4.78 is 5.03. The summed E-state index contributed by atoms with van der Waals surface area (Å²) in [6.07, 6.45) is 1.31. The van der Waals surface area contributed by atoms with E-state index >= 15 is 0 Å². The minimum Gasteiger partial charge on any atom is -0.448 e. The Balaban J connectivity index is 2.11. The van der Waals surface area contributed by atoms with Gasteiger partial charge in [0.1, 0.15) is 5.76 Å². The molecule has 0 saturated carbocycles. The van der Waals surface area contributed by atoms with Crippen molar-refractivity contribution in [2.24, 2.45) is 0 Å². The number of rotatable bonds is 1. The maximum atomic E-state index is 12.0. The summed E-state index contributed by atoms with van der Waals surface area (Å²) in [5.41, 5.74) is 0.434. The van der Waals surface area contributed by atoms with Gasteiger partial charge in [-0.15, -0.1) is 0 Å². The number of carbonyl (C=O) groups is 1. The molecule has 1 amide bonds. The number of nitrogens with one attached hydrogen (secondary N) is 1. The van der Waals surface area contributed by atoms with Crippen molar-refractivity contribution in [3.05, 3.63) is 17.8 Å². The van der Waals surface area contributed by atoms with Gasteiger partial charge in [0, 0.05) is 25.7 Å². The van der Waals surface area contributed by atoms with Gasteiger partial charge in [0.15, 0.2) is 12.1 Å². The average Bonchev–Trinajstić information content (AvgIpc) is 2.63. The Morgan fingerprint density at radius 1 is 1.73 bits per heavy atom. The van der Waals surface area contributed by atoms with Crippen molar-refractivity contribution in [3.8, 4) is 0 Å². The first-order valence-electron chi connectivity index (χ1n) is 5.11. The summed E-state index contributed by atoms with van der Waals surface area (Å²) in [6.45, 7) is 6.12. The van der Waals surface area contributed by atoms with Crippen molar-refractivity contribution in [2.75, 3.05) is 19.6 Å². The van der Waals surface area contributed by atoms with E-state index in [4.69, 9.17) is 4.42 Å². The van der Waals surface area contributed by atoms with Gasteiger partial charge in [0.2, 0.25) is 0 Å². The quantitative estimate of drug-likeness (QED) is 0.728. The van der Waals surface area contributed by atoms with E-state index in [1.165, 1.54) is 6.39 Å². The molecular formula is C10H15N3O2. The summed E-state index contributed by atoms with van der Waals surface area (Å²) in [4.78, 5) is 17.8. The highest BCUT2D eigenvalue weighted by molar-refractivity contribution is 5.93. The van der Waals surface area contributed by atoms with E-state index in [2.05, 4.69) is 17.2 Å². The monoisotopic (exact) mass is 209 g/mol. The van der Waals surface area contributed by atoms with Gasteiger partial charge in [0.25, 0.3) is 5.91 Å². The van der Waals surface area contributed by atoms with Gasteiger partial charge in [-0.3, -0.25) is 4.79 Å². The molecule has 1 aromatic heterocycles. The molecule has 1 saturated heterocycles. The van der Waals surface area contributed by atoms with Crippen LogP contribution < -0.4 is 5.32 Å². The third-order valence-corrected chi connectivity index (χ3v) is 2.60. The second-order valence-electron chi connectivity index (χ2n) is 3.86. The number of hydrogen-bond acceptors (Lipinski definition) is 4. The zero-order valence-electron chi connectivity index (χ0n) is 8.99. The van der Waals surface area contributed by atoms with Crippen LogP contribution in [0.3, 0.4) is 0 Å². The molecule has 82 valence electrons. The highest BCUT2D eigenvalue weighted by Crippen LogP contribution is 2.10. The van der Waals surface area contributed by atoms with Crippen LogP contribution in [-0.4, -0.2) is 41.5 Å². The molecule has 0 aromatic carbocycles. The van der Waals surface area contributed by atoms with Gasteiger partial charge in [-0.25, -0.2) is 4.98 Å². The molecule has 2 heterocycles. The molecular weight excluding hydrogens is 194 g/mol. The Kier molecular flexibility index (Phi) is 2.73. The summed E-state index contributed by atoms with van der Waals surface area (Å²) in [5.74, 6) is 0.556. The lowest BCUT2D eigenvalue weighted by atomic mass is 10.2. The third kappa shape index (κ3) is 2.02. The van der Waals surface area contributed by atoms with Crippen molar-refractivity contribution in [3.63, 3.8) is 0 Å². The summed E-state index contributed by atoms with van der Waals surface area (Å²) in [7, 11) is 0. The minimum absolute atomic E-state index is 0.0328. The molecule has 1 aromatic rings. The van der Waals surface area contributed by atoms with Crippen LogP contribution >= 0.6 is 0 Å². The zero-order chi connectivity index (χ0) is 10.8. The van der Waals surface area contributed by atoms with Gasteiger partial charge < -0.3 is 14.6 Å². The van der Waals surface area contributed by atoms with Crippen molar-refractivity contribution < 1.29 is 9.21 Å². The first-order valence-corrected chi connectivity index (χ1v) is 5.11. The Morgan fingerprint density at radius 3 is 3.13 bits per heavy atom. The van der Waals surface area contributed by atoms with E-state index in [1.54, 1.807) is 6.92 Å². The van der Waals surface area contributed by atoms with Crippen molar-refractivity contribution in [1.82, 2.24) is 15.2 Å². The molecule has 0 aliphatic carbocycles. The van der Waals surface area contributed by atoms with Crippen LogP contribution in [0, 0.1) is 6.92 Å². The number of carbonyl (C=O) groups excluding carboxylic acids is 1. The van der Waals surface area contributed by atoms with Crippen LogP contribution in [0.4, 0.5) is 0 Å². The van der Waals surface area contributed by atoms with Gasteiger partial charge in [-0.1, -0.05) is 0 Å². The highest BCUT2D eigenvalue weighted by atomic mass is 16.3. The van der Waals surface area contributed by atoms with Crippen molar-refractivity contribution >= 4 is 5.91 Å². The number of aromatic nitrogens is 1. The number of piperazine rings is 1. The predicted molar refractivity (Wildman–Crippen MR) is 54.6 cm³/mol. The van der Waals surface area contributed by atoms with Crippen LogP contribution in [-0.2, 0) is 0 Å². The second-order valence-corrected chi connectivity index (χ2v) is 3.86. The van der Waals surface area contributed by atoms with Gasteiger partial charge in [0.05, 0.1) is 0 Å². The summed E-state index contributed by atoms with van der Waals surface area (Å²) in [5, 5.41) is 3.29. The van der Waals surface area contributed by atoms with Crippen molar-refractivity contribution in [2.45, 2.75) is 19.9 Å². The molecule has 1 fully saturated rings. The van der Waals surface area contributed by atoms with Crippen LogP contribution in [0.25, 0.3) is 0 Å². The highest BCUT2D eigenvalue weighted by Gasteiger charge is 2.24. The maximum absolute atomic E-state index is 12.0. The SMILES string of the molecule is Cc1ocnc1C(=O)N1CCN[C@@H](C)C1. The van der Waals surface area contributed by atoms with Crippen molar-refractivity contribution in [1.29, 1.82) is 0 Å². The summed E-state index contributed by atoms with van der Waals surface area (Å²) >= 11 is 0. The average molecular weight is 209 g/mol. The summed E-state index contributed by atoms with van der Waals surface area (Å²) in [6, 6.07) is 0.343. The minimum atomic E-state index is -0.0328. The molecule has 5 heteroatoms. The van der Waals surface area contributed by atoms with Crippen LogP contribution in [0.15, 0.2) is 10.8 Å². The van der Waals surface area contributed by atoms with Crippen LogP contribution in [0.2, 0.25) is 0 Å². The first kappa shape index (κ1) is 10.2. The fourth-order valence-corrected chi connectivity index (χ4v) is 1.78. The maximum Gasteiger partial charge on any atom is 0.276 e. The first-order chi connectivity index (χ1) is 7.18. The fraction of sp³-hybridized carbons (Fsp3) is 0.600. The molecule has 0 unspecified atom stereocenters. The molecule has 2 rings (SSSR count). The normalized spacial score (nSPS) is 21.7. The molecule has 0 spiro atoms. The Labute approximate surface area is 88.5 Å². The van der Waals surface area contributed by atoms with Gasteiger partial charge >= 0.3 is 0 Å². The van der Waals surface area contributed by atoms with Gasteiger partial charge in [-0.05, 0) is 13.8 Å². The number of hydrogen-bond donors (Lipinski definition) is 1. The largest absolute Gasteiger partial charge is 0.448 e. The molecule has 5 nitrogen and oxygen atoms in total. The lowest BCUT2D eigenvalue weighted by Crippen LogP contribution is -2.51. The van der Waals surface area contributed by atoms with E-state index in [0.29, 0.717) is 17.5 Å². The Hall–Kier alpha value is -1.36. The predicted octanol–water partition coefficient (Wildman–Crippen LogP) is 0.417. The lowest BCUT2D eigenvalue weighted by molar-refractivity contribution is 0.0702.